The zero-order chi connectivity index (χ0) is 7.52. The summed E-state index contributed by atoms with van der Waals surface area (Å²) in [6.07, 6.45) is 11.6. The summed E-state index contributed by atoms with van der Waals surface area (Å²) in [6.45, 7) is 2.67. The highest BCUT2D eigenvalue weighted by Crippen LogP contribution is 2.23. The lowest BCUT2D eigenvalue weighted by molar-refractivity contribution is 0.0858. The second-order valence-corrected chi connectivity index (χ2v) is 3.67. The van der Waals surface area contributed by atoms with Crippen molar-refractivity contribution in [3.63, 3.8) is 0 Å². The van der Waals surface area contributed by atoms with Gasteiger partial charge in [-0.3, -0.25) is 4.90 Å². The van der Waals surface area contributed by atoms with Crippen LogP contribution in [-0.2, 0) is 0 Å². The van der Waals surface area contributed by atoms with Gasteiger partial charge in [-0.2, -0.15) is 0 Å². The highest BCUT2D eigenvalue weighted by Gasteiger charge is 2.26. The van der Waals surface area contributed by atoms with E-state index in [1.165, 1.54) is 45.2 Å². The zero-order valence-corrected chi connectivity index (χ0v) is 7.13. The summed E-state index contributed by atoms with van der Waals surface area (Å²) in [4.78, 5) is 2.63. The molecule has 1 fully saturated rings. The molecule has 0 saturated carbocycles. The predicted molar refractivity (Wildman–Crippen MR) is 47.6 cm³/mol. The molecule has 0 aliphatic carbocycles. The number of allylic oxidation sites excluding steroid dienone is 1. The van der Waals surface area contributed by atoms with E-state index < -0.39 is 0 Å². The number of hydrogen-bond acceptors (Lipinski definition) is 1. The Morgan fingerprint density at radius 2 is 1.91 bits per heavy atom. The Bertz CT molecular complexity index is 151. The monoisotopic (exact) mass is 151 g/mol. The normalized spacial score (nSPS) is 35.8. The van der Waals surface area contributed by atoms with Gasteiger partial charge in [0.1, 0.15) is 0 Å². The summed E-state index contributed by atoms with van der Waals surface area (Å²) >= 11 is 0. The maximum atomic E-state index is 2.63. The van der Waals surface area contributed by atoms with E-state index in [0.29, 0.717) is 0 Å². The van der Waals surface area contributed by atoms with Gasteiger partial charge in [0.2, 0.25) is 0 Å². The Balaban J connectivity index is 1.87. The van der Waals surface area contributed by atoms with E-state index in [4.69, 9.17) is 0 Å². The van der Waals surface area contributed by atoms with Gasteiger partial charge >= 0.3 is 0 Å². The molecule has 62 valence electrons. The molecule has 0 N–H and O–H groups in total. The van der Waals surface area contributed by atoms with E-state index in [1.807, 2.05) is 0 Å². The zero-order valence-electron chi connectivity index (χ0n) is 7.13. The van der Waals surface area contributed by atoms with Crippen LogP contribution in [0, 0.1) is 0 Å². The van der Waals surface area contributed by atoms with Gasteiger partial charge in [0.25, 0.3) is 0 Å². The van der Waals surface area contributed by atoms with Gasteiger partial charge in [0.05, 0.1) is 0 Å². The standard InChI is InChI=1S/C10H17N/c1-2-4-6-10-7-9-11(10)8-5-3-1/h1,3,10H,2,4-9H2/b3-1-. The maximum Gasteiger partial charge on any atom is 0.0108 e. The van der Waals surface area contributed by atoms with E-state index in [0.717, 1.165) is 6.04 Å². The van der Waals surface area contributed by atoms with Crippen LogP contribution in [0.25, 0.3) is 0 Å². The second-order valence-electron chi connectivity index (χ2n) is 3.67. The highest BCUT2D eigenvalue weighted by atomic mass is 15.2. The van der Waals surface area contributed by atoms with Crippen molar-refractivity contribution in [2.75, 3.05) is 13.1 Å². The van der Waals surface area contributed by atoms with E-state index in [2.05, 4.69) is 17.1 Å². The minimum absolute atomic E-state index is 0.954. The molecule has 2 aliphatic heterocycles. The van der Waals surface area contributed by atoms with Gasteiger partial charge in [-0.05, 0) is 38.6 Å². The highest BCUT2D eigenvalue weighted by molar-refractivity contribution is 4.90. The molecule has 0 aromatic heterocycles. The summed E-state index contributed by atoms with van der Waals surface area (Å²) in [5.41, 5.74) is 0. The Morgan fingerprint density at radius 1 is 1.00 bits per heavy atom. The number of hydrogen-bond donors (Lipinski definition) is 0. The van der Waals surface area contributed by atoms with Crippen LogP contribution in [0.1, 0.15) is 32.1 Å². The van der Waals surface area contributed by atoms with Gasteiger partial charge < -0.3 is 0 Å². The Kier molecular flexibility index (Phi) is 2.27. The minimum Gasteiger partial charge on any atom is -0.300 e. The molecule has 0 bridgehead atoms. The molecule has 2 heterocycles. The van der Waals surface area contributed by atoms with Crippen LogP contribution in [0.5, 0.6) is 0 Å². The van der Waals surface area contributed by atoms with Crippen LogP contribution in [0.15, 0.2) is 12.2 Å². The largest absolute Gasteiger partial charge is 0.300 e. The minimum atomic E-state index is 0.954. The van der Waals surface area contributed by atoms with Crippen molar-refractivity contribution in [2.24, 2.45) is 0 Å². The fraction of sp³-hybridized carbons (Fsp3) is 0.800. The smallest absolute Gasteiger partial charge is 0.0108 e. The predicted octanol–water partition coefficient (Wildman–Crippen LogP) is 2.19. The van der Waals surface area contributed by atoms with Crippen LogP contribution in [-0.4, -0.2) is 24.0 Å². The van der Waals surface area contributed by atoms with Crippen molar-refractivity contribution < 1.29 is 0 Å². The number of rotatable bonds is 0. The lowest BCUT2D eigenvalue weighted by Gasteiger charge is -2.40. The summed E-state index contributed by atoms with van der Waals surface area (Å²) in [5, 5.41) is 0. The third kappa shape index (κ3) is 1.64. The molecule has 0 aromatic carbocycles. The quantitative estimate of drug-likeness (QED) is 0.480. The Morgan fingerprint density at radius 3 is 2.73 bits per heavy atom. The van der Waals surface area contributed by atoms with Crippen LogP contribution in [0.2, 0.25) is 0 Å². The van der Waals surface area contributed by atoms with Crippen molar-refractivity contribution in [3.8, 4) is 0 Å². The first-order valence-corrected chi connectivity index (χ1v) is 4.86. The van der Waals surface area contributed by atoms with E-state index in [1.54, 1.807) is 0 Å². The molecule has 1 atom stereocenters. The first-order chi connectivity index (χ1) is 5.47. The fourth-order valence-electron chi connectivity index (χ4n) is 2.06. The first kappa shape index (κ1) is 7.35. The fourth-order valence-corrected chi connectivity index (χ4v) is 2.06. The Hall–Kier alpha value is -0.300. The van der Waals surface area contributed by atoms with Gasteiger partial charge in [0, 0.05) is 12.6 Å². The van der Waals surface area contributed by atoms with Crippen LogP contribution in [0.3, 0.4) is 0 Å². The summed E-state index contributed by atoms with van der Waals surface area (Å²) in [7, 11) is 0. The summed E-state index contributed by atoms with van der Waals surface area (Å²) in [5.74, 6) is 0. The molecular weight excluding hydrogens is 134 g/mol. The number of fused-ring (bicyclic) bond motifs is 1. The molecular formula is C10H17N. The molecule has 1 saturated heterocycles. The summed E-state index contributed by atoms with van der Waals surface area (Å²) in [6, 6.07) is 0.954. The van der Waals surface area contributed by atoms with Crippen molar-refractivity contribution in [3.05, 3.63) is 12.2 Å². The van der Waals surface area contributed by atoms with E-state index in [-0.39, 0.29) is 0 Å². The van der Waals surface area contributed by atoms with Crippen LogP contribution >= 0.6 is 0 Å². The Labute approximate surface area is 69.1 Å². The van der Waals surface area contributed by atoms with Crippen molar-refractivity contribution in [1.29, 1.82) is 0 Å². The molecule has 2 rings (SSSR count). The summed E-state index contributed by atoms with van der Waals surface area (Å²) < 4.78 is 0. The third-order valence-electron chi connectivity index (χ3n) is 2.92. The average molecular weight is 151 g/mol. The van der Waals surface area contributed by atoms with Crippen LogP contribution < -0.4 is 0 Å². The van der Waals surface area contributed by atoms with E-state index in [9.17, 15) is 0 Å². The molecule has 1 heteroatoms. The molecule has 2 aliphatic rings. The van der Waals surface area contributed by atoms with Gasteiger partial charge in [0.15, 0.2) is 0 Å². The number of nitrogens with zero attached hydrogens (tertiary/aromatic N) is 1. The molecule has 1 unspecified atom stereocenters. The van der Waals surface area contributed by atoms with Crippen LogP contribution in [0.4, 0.5) is 0 Å². The molecule has 0 amide bonds. The molecule has 11 heavy (non-hydrogen) atoms. The maximum absolute atomic E-state index is 2.63. The average Bonchev–Trinajstić information content (AvgIpc) is 2.04. The lowest BCUT2D eigenvalue weighted by Crippen LogP contribution is -2.47. The van der Waals surface area contributed by atoms with Crippen molar-refractivity contribution in [2.45, 2.75) is 38.1 Å². The molecule has 1 nitrogen and oxygen atoms in total. The molecule has 0 aromatic rings. The lowest BCUT2D eigenvalue weighted by atomic mass is 9.97. The third-order valence-corrected chi connectivity index (χ3v) is 2.92. The first-order valence-electron chi connectivity index (χ1n) is 4.86. The SMILES string of the molecule is C1=C\CCN2CCC2CCC/1. The van der Waals surface area contributed by atoms with Gasteiger partial charge in [-0.15, -0.1) is 0 Å². The van der Waals surface area contributed by atoms with Gasteiger partial charge in [-0.1, -0.05) is 12.2 Å². The van der Waals surface area contributed by atoms with Crippen molar-refractivity contribution >= 4 is 0 Å². The molecule has 0 spiro atoms. The van der Waals surface area contributed by atoms with Crippen molar-refractivity contribution in [1.82, 2.24) is 4.90 Å². The van der Waals surface area contributed by atoms with E-state index >= 15 is 0 Å². The molecule has 0 radical (unpaired) electrons. The van der Waals surface area contributed by atoms with Gasteiger partial charge in [-0.25, -0.2) is 0 Å². The second kappa shape index (κ2) is 3.40. The topological polar surface area (TPSA) is 3.24 Å².